The summed E-state index contributed by atoms with van der Waals surface area (Å²) in [6.45, 7) is 1.94. The standard InChI is InChI=1S/C23H22N8/c24-11-9-18-15-27-22(20-8-7-16-4-1-2-6-19(16)29-20)31(18)21-10-13-26-23(30-21)28-17-5-3-12-25-14-17/h1-2,4,6-8,10,13,15,17,25H,3,5,9,12,14H2,(H,26,28,30)/t17-/m0/s1. The number of hydrogen-bond acceptors (Lipinski definition) is 7. The van der Waals surface area contributed by atoms with Gasteiger partial charge in [-0.2, -0.15) is 10.2 Å². The number of nitrogens with zero attached hydrogens (tertiary/aromatic N) is 6. The first-order chi connectivity index (χ1) is 15.3. The average molecular weight is 410 g/mol. The molecule has 31 heavy (non-hydrogen) atoms. The van der Waals surface area contributed by atoms with Gasteiger partial charge in [-0.25, -0.2) is 15.0 Å². The number of anilines is 1. The second kappa shape index (κ2) is 8.50. The molecule has 1 fully saturated rings. The number of nitrogens with one attached hydrogen (secondary N) is 2. The van der Waals surface area contributed by atoms with Crippen molar-refractivity contribution in [2.24, 2.45) is 0 Å². The van der Waals surface area contributed by atoms with Crippen LogP contribution in [0.4, 0.5) is 5.95 Å². The van der Waals surface area contributed by atoms with Crippen molar-refractivity contribution in [1.29, 1.82) is 5.26 Å². The van der Waals surface area contributed by atoms with Gasteiger partial charge in [-0.15, -0.1) is 0 Å². The Labute approximate surface area is 180 Å². The summed E-state index contributed by atoms with van der Waals surface area (Å²) in [5.74, 6) is 1.88. The van der Waals surface area contributed by atoms with Gasteiger partial charge in [-0.3, -0.25) is 4.57 Å². The van der Waals surface area contributed by atoms with E-state index < -0.39 is 0 Å². The molecule has 1 aliphatic rings. The molecule has 8 nitrogen and oxygen atoms in total. The number of fused-ring (bicyclic) bond motifs is 1. The first-order valence-corrected chi connectivity index (χ1v) is 10.4. The highest BCUT2D eigenvalue weighted by Crippen LogP contribution is 2.25. The van der Waals surface area contributed by atoms with Gasteiger partial charge in [0.25, 0.3) is 0 Å². The minimum absolute atomic E-state index is 0.222. The van der Waals surface area contributed by atoms with Crippen LogP contribution in [0.3, 0.4) is 0 Å². The summed E-state index contributed by atoms with van der Waals surface area (Å²) in [4.78, 5) is 18.5. The van der Waals surface area contributed by atoms with Crippen molar-refractivity contribution in [3.8, 4) is 23.4 Å². The van der Waals surface area contributed by atoms with Crippen LogP contribution in [0.1, 0.15) is 18.5 Å². The van der Waals surface area contributed by atoms with E-state index in [0.717, 1.165) is 48.2 Å². The van der Waals surface area contributed by atoms with Gasteiger partial charge in [0.2, 0.25) is 5.95 Å². The van der Waals surface area contributed by atoms with E-state index >= 15 is 0 Å². The molecule has 1 aromatic carbocycles. The molecule has 0 amide bonds. The van der Waals surface area contributed by atoms with E-state index in [1.807, 2.05) is 47.0 Å². The lowest BCUT2D eigenvalue weighted by Crippen LogP contribution is -2.38. The summed E-state index contributed by atoms with van der Waals surface area (Å²) in [5, 5.41) is 17.2. The number of imidazole rings is 1. The Morgan fingerprint density at radius 1 is 1.13 bits per heavy atom. The van der Waals surface area contributed by atoms with Gasteiger partial charge in [-0.1, -0.05) is 24.3 Å². The maximum absolute atomic E-state index is 9.32. The van der Waals surface area contributed by atoms with E-state index in [9.17, 15) is 5.26 Å². The number of nitriles is 1. The maximum Gasteiger partial charge on any atom is 0.224 e. The number of pyridine rings is 1. The van der Waals surface area contributed by atoms with Crippen molar-refractivity contribution < 1.29 is 0 Å². The van der Waals surface area contributed by atoms with Crippen molar-refractivity contribution in [2.45, 2.75) is 25.3 Å². The summed E-state index contributed by atoms with van der Waals surface area (Å²) in [6.07, 6.45) is 5.88. The lowest BCUT2D eigenvalue weighted by atomic mass is 10.1. The Morgan fingerprint density at radius 3 is 2.94 bits per heavy atom. The third-order valence-corrected chi connectivity index (χ3v) is 5.42. The van der Waals surface area contributed by atoms with E-state index in [4.69, 9.17) is 9.97 Å². The van der Waals surface area contributed by atoms with Crippen molar-refractivity contribution in [2.75, 3.05) is 18.4 Å². The van der Waals surface area contributed by atoms with Crippen molar-refractivity contribution in [3.63, 3.8) is 0 Å². The summed E-state index contributed by atoms with van der Waals surface area (Å²) in [7, 11) is 0. The van der Waals surface area contributed by atoms with Crippen LogP contribution < -0.4 is 10.6 Å². The Bertz CT molecular complexity index is 1250. The van der Waals surface area contributed by atoms with Crippen LogP contribution in [-0.4, -0.2) is 43.6 Å². The van der Waals surface area contributed by atoms with Gasteiger partial charge in [0.1, 0.15) is 11.5 Å². The Balaban J connectivity index is 1.55. The van der Waals surface area contributed by atoms with Gasteiger partial charge < -0.3 is 10.6 Å². The minimum atomic E-state index is 0.222. The predicted octanol–water partition coefficient (Wildman–Crippen LogP) is 3.11. The first kappa shape index (κ1) is 19.2. The van der Waals surface area contributed by atoms with Crippen LogP contribution >= 0.6 is 0 Å². The molecule has 0 radical (unpaired) electrons. The summed E-state index contributed by atoms with van der Waals surface area (Å²) >= 11 is 0. The molecule has 4 heterocycles. The van der Waals surface area contributed by atoms with E-state index in [2.05, 4.69) is 26.7 Å². The molecular weight excluding hydrogens is 388 g/mol. The largest absolute Gasteiger partial charge is 0.350 e. The fourth-order valence-electron chi connectivity index (χ4n) is 3.92. The van der Waals surface area contributed by atoms with Crippen LogP contribution in [-0.2, 0) is 6.42 Å². The zero-order chi connectivity index (χ0) is 21.0. The SMILES string of the molecule is N#CCc1cnc(-c2ccc3ccccc3n2)n1-c1ccnc(N[C@H]2CCCNC2)n1. The van der Waals surface area contributed by atoms with Gasteiger partial charge in [0.15, 0.2) is 5.82 Å². The first-order valence-electron chi connectivity index (χ1n) is 10.4. The highest BCUT2D eigenvalue weighted by atomic mass is 15.2. The topological polar surface area (TPSA) is 104 Å². The zero-order valence-electron chi connectivity index (χ0n) is 17.0. The van der Waals surface area contributed by atoms with Gasteiger partial charge in [0, 0.05) is 24.2 Å². The molecule has 1 saturated heterocycles. The predicted molar refractivity (Wildman–Crippen MR) is 119 cm³/mol. The fourth-order valence-corrected chi connectivity index (χ4v) is 3.92. The number of rotatable bonds is 5. The van der Waals surface area contributed by atoms with E-state index in [0.29, 0.717) is 23.6 Å². The van der Waals surface area contributed by atoms with Crippen molar-refractivity contribution in [1.82, 2.24) is 29.8 Å². The van der Waals surface area contributed by atoms with Crippen LogP contribution in [0.2, 0.25) is 0 Å². The molecule has 0 unspecified atom stereocenters. The van der Waals surface area contributed by atoms with E-state index in [1.165, 1.54) is 0 Å². The van der Waals surface area contributed by atoms with Gasteiger partial charge >= 0.3 is 0 Å². The van der Waals surface area contributed by atoms with Crippen LogP contribution in [0.25, 0.3) is 28.2 Å². The molecule has 2 N–H and O–H groups in total. The molecule has 4 aromatic rings. The zero-order valence-corrected chi connectivity index (χ0v) is 17.0. The molecule has 1 aliphatic heterocycles. The third-order valence-electron chi connectivity index (χ3n) is 5.42. The monoisotopic (exact) mass is 410 g/mol. The molecule has 3 aromatic heterocycles. The molecular formula is C23H22N8. The summed E-state index contributed by atoms with van der Waals surface area (Å²) in [5.41, 5.74) is 2.38. The smallest absolute Gasteiger partial charge is 0.224 e. The summed E-state index contributed by atoms with van der Waals surface area (Å²) in [6, 6.07) is 16.3. The molecule has 1 atom stereocenters. The van der Waals surface area contributed by atoms with E-state index in [-0.39, 0.29) is 6.42 Å². The van der Waals surface area contributed by atoms with Crippen LogP contribution in [0.15, 0.2) is 54.9 Å². The van der Waals surface area contributed by atoms with Gasteiger partial charge in [0.05, 0.1) is 29.9 Å². The lowest BCUT2D eigenvalue weighted by molar-refractivity contribution is 0.478. The number of piperidine rings is 1. The second-order valence-corrected chi connectivity index (χ2v) is 7.56. The Kier molecular flexibility index (Phi) is 5.25. The molecule has 0 saturated carbocycles. The molecule has 154 valence electrons. The average Bonchev–Trinajstić information content (AvgIpc) is 3.23. The Morgan fingerprint density at radius 2 is 2.06 bits per heavy atom. The van der Waals surface area contributed by atoms with Gasteiger partial charge in [-0.05, 0) is 37.6 Å². The van der Waals surface area contributed by atoms with E-state index in [1.54, 1.807) is 12.4 Å². The highest BCUT2D eigenvalue weighted by molar-refractivity contribution is 5.80. The Hall–Kier alpha value is -3.83. The quantitative estimate of drug-likeness (QED) is 0.521. The fraction of sp³-hybridized carbons (Fsp3) is 0.261. The number of benzene rings is 1. The lowest BCUT2D eigenvalue weighted by Gasteiger charge is -2.23. The van der Waals surface area contributed by atoms with Crippen molar-refractivity contribution >= 4 is 16.9 Å². The van der Waals surface area contributed by atoms with Crippen LogP contribution in [0, 0.1) is 11.3 Å². The number of aromatic nitrogens is 5. The summed E-state index contributed by atoms with van der Waals surface area (Å²) < 4.78 is 1.90. The molecule has 0 aliphatic carbocycles. The van der Waals surface area contributed by atoms with Crippen molar-refractivity contribution in [3.05, 3.63) is 60.6 Å². The minimum Gasteiger partial charge on any atom is -0.350 e. The van der Waals surface area contributed by atoms with Crippen LogP contribution in [0.5, 0.6) is 0 Å². The normalized spacial score (nSPS) is 16.2. The maximum atomic E-state index is 9.32. The highest BCUT2D eigenvalue weighted by Gasteiger charge is 2.18. The molecule has 8 heteroatoms. The second-order valence-electron chi connectivity index (χ2n) is 7.56. The molecule has 0 spiro atoms. The third kappa shape index (κ3) is 3.96. The number of para-hydroxylation sites is 1. The molecule has 5 rings (SSSR count). The number of hydrogen-bond donors (Lipinski definition) is 2. The molecule has 0 bridgehead atoms.